The zero-order valence-corrected chi connectivity index (χ0v) is 47.8. The monoisotopic (exact) mass is 1200 g/mol. The summed E-state index contributed by atoms with van der Waals surface area (Å²) in [5.41, 5.74) is 6.57. The number of aliphatic hydroxyl groups is 9. The largest absolute Gasteiger partial charge is 0.508 e. The number of nitrogens with one attached hydrogen (secondary N) is 5. The summed E-state index contributed by atoms with van der Waals surface area (Å²) < 4.78 is 17.6. The number of H-pyrrole nitrogens is 2. The van der Waals surface area contributed by atoms with Crippen molar-refractivity contribution < 1.29 is 79.7 Å². The van der Waals surface area contributed by atoms with Gasteiger partial charge in [0.05, 0.1) is 98.5 Å². The molecule has 23 heteroatoms. The van der Waals surface area contributed by atoms with E-state index in [1.807, 2.05) is 85.0 Å². The van der Waals surface area contributed by atoms with Crippen molar-refractivity contribution in [3.05, 3.63) is 144 Å². The number of aromatic hydroxyl groups is 1. The Bertz CT molecular complexity index is 3710. The van der Waals surface area contributed by atoms with E-state index in [0.29, 0.717) is 101 Å². The van der Waals surface area contributed by atoms with Gasteiger partial charge in [-0.15, -0.1) is 0 Å². The first-order valence-electron chi connectivity index (χ1n) is 28.1. The van der Waals surface area contributed by atoms with Crippen LogP contribution in [0.5, 0.6) is 23.0 Å². The molecule has 8 bridgehead atoms. The number of hydrogen-bond donors (Lipinski definition) is 15. The second-order valence-electron chi connectivity index (χ2n) is 21.7. The summed E-state index contributed by atoms with van der Waals surface area (Å²) in [5, 5.41) is 106. The lowest BCUT2D eigenvalue weighted by atomic mass is 9.91. The van der Waals surface area contributed by atoms with Crippen LogP contribution < -0.4 is 30.2 Å². The van der Waals surface area contributed by atoms with Crippen LogP contribution in [-0.4, -0.2) is 188 Å². The number of benzene rings is 4. The third kappa shape index (κ3) is 14.4. The molecule has 88 heavy (non-hydrogen) atoms. The first-order chi connectivity index (χ1) is 42.7. The molecule has 7 aromatic rings. The predicted octanol–water partition coefficient (Wildman–Crippen LogP) is 3.40. The van der Waals surface area contributed by atoms with Crippen molar-refractivity contribution in [2.24, 2.45) is 16.2 Å². The number of rotatable bonds is 28. The van der Waals surface area contributed by atoms with Crippen molar-refractivity contribution in [3.8, 4) is 67.5 Å². The molecule has 0 atom stereocenters. The average Bonchev–Trinajstić information content (AvgIpc) is 2.79. The highest BCUT2D eigenvalue weighted by Crippen LogP contribution is 2.40. The fourth-order valence-corrected chi connectivity index (χ4v) is 9.61. The Kier molecular flexibility index (Phi) is 20.5. The van der Waals surface area contributed by atoms with E-state index in [4.69, 9.17) is 24.2 Å². The van der Waals surface area contributed by atoms with Crippen LogP contribution >= 0.6 is 0 Å². The van der Waals surface area contributed by atoms with Gasteiger partial charge in [-0.3, -0.25) is 14.4 Å². The zero-order chi connectivity index (χ0) is 62.4. The Morgan fingerprint density at radius 1 is 0.352 bits per heavy atom. The van der Waals surface area contributed by atoms with E-state index in [9.17, 15) is 65.4 Å². The van der Waals surface area contributed by atoms with Crippen molar-refractivity contribution in [1.29, 1.82) is 0 Å². The van der Waals surface area contributed by atoms with Crippen LogP contribution in [0.25, 0.3) is 90.9 Å². The topological polar surface area (TPSA) is 375 Å². The number of phenolic OH excluding ortho intramolecular Hbond substituents is 1. The van der Waals surface area contributed by atoms with Crippen LogP contribution in [0.2, 0.25) is 0 Å². The minimum atomic E-state index is -1.31. The number of amides is 3. The highest BCUT2D eigenvalue weighted by molar-refractivity contribution is 6.00. The lowest BCUT2D eigenvalue weighted by molar-refractivity contribution is -0.125. The summed E-state index contributed by atoms with van der Waals surface area (Å²) in [6.07, 6.45) is 7.60. The van der Waals surface area contributed by atoms with E-state index in [-0.39, 0.29) is 25.4 Å². The quantitative estimate of drug-likeness (QED) is 0.0334. The summed E-state index contributed by atoms with van der Waals surface area (Å²) >= 11 is 0. The number of carbonyl (C=O) groups excluding carboxylic acids is 3. The summed E-state index contributed by atoms with van der Waals surface area (Å²) in [4.78, 5) is 56.5. The van der Waals surface area contributed by atoms with E-state index < -0.39 is 113 Å². The van der Waals surface area contributed by atoms with Crippen LogP contribution in [0.1, 0.15) is 22.8 Å². The molecule has 0 saturated carbocycles. The van der Waals surface area contributed by atoms with E-state index in [2.05, 4.69) is 25.9 Å². The molecule has 0 fully saturated rings. The number of fused-ring (bicyclic) bond motifs is 8. The number of carbonyl (C=O) groups is 3. The van der Waals surface area contributed by atoms with Crippen molar-refractivity contribution in [3.63, 3.8) is 0 Å². The maximum Gasteiger partial charge on any atom is 0.257 e. The second-order valence-corrected chi connectivity index (χ2v) is 21.7. The lowest BCUT2D eigenvalue weighted by Gasteiger charge is -2.27. The Hall–Kier alpha value is -9.27. The molecule has 0 unspecified atom stereocenters. The number of ether oxygens (including phenoxy) is 3. The molecule has 0 saturated heterocycles. The number of aromatic amines is 2. The average molecular weight is 1200 g/mol. The summed E-state index contributed by atoms with van der Waals surface area (Å²) in [6, 6.07) is 35.7. The fourth-order valence-electron chi connectivity index (χ4n) is 9.61. The van der Waals surface area contributed by atoms with Crippen molar-refractivity contribution in [2.75, 3.05) is 98.9 Å². The molecule has 23 nitrogen and oxygen atoms in total. The third-order valence-corrected chi connectivity index (χ3v) is 15.4. The molecule has 15 N–H and O–H groups in total. The molecule has 2 aliphatic heterocycles. The van der Waals surface area contributed by atoms with Crippen LogP contribution in [0.4, 0.5) is 0 Å². The van der Waals surface area contributed by atoms with Gasteiger partial charge in [-0.2, -0.15) is 0 Å². The van der Waals surface area contributed by atoms with Gasteiger partial charge in [-0.1, -0.05) is 48.5 Å². The standard InChI is InChI=1S/C65H69N7O16/c73-31-63(32-74,33-75)28-66-56(83)25-86-45-11-3-41(4-12-45)60-50-19-17-48(69-50)59(40-1-9-44(82)10-2-40)49-18-20-51(70-49)61(42-5-13-46(14-6-42)87-26-57(84)67-29-64(34-76,35-77)36-78)53-22-24-55(72-53)62(54-23-21-52(60)71-54)43-7-15-47(16-8-43)88-27-58(85)68-30-65(37-79,38-80)39-81/h1-24,69,72-82H,25-39H2,(H,66,83)(H,67,84)(H,68,85). The minimum absolute atomic E-state index is 0.0695. The van der Waals surface area contributed by atoms with E-state index in [1.54, 1.807) is 60.7 Å². The Morgan fingerprint density at radius 3 is 0.807 bits per heavy atom. The molecule has 0 spiro atoms. The third-order valence-electron chi connectivity index (χ3n) is 15.4. The second kappa shape index (κ2) is 28.5. The maximum absolute atomic E-state index is 12.9. The Morgan fingerprint density at radius 2 is 0.580 bits per heavy atom. The van der Waals surface area contributed by atoms with Crippen LogP contribution in [0.3, 0.4) is 0 Å². The first-order valence-corrected chi connectivity index (χ1v) is 28.1. The maximum atomic E-state index is 12.9. The highest BCUT2D eigenvalue weighted by atomic mass is 16.5. The van der Waals surface area contributed by atoms with Gasteiger partial charge in [0, 0.05) is 64.0 Å². The molecule has 3 amide bonds. The van der Waals surface area contributed by atoms with Gasteiger partial charge in [-0.05, 0) is 119 Å². The number of hydrogen-bond acceptors (Lipinski definition) is 18. The van der Waals surface area contributed by atoms with E-state index in [0.717, 1.165) is 5.56 Å². The Balaban J connectivity index is 1.16. The van der Waals surface area contributed by atoms with Crippen LogP contribution in [-0.2, 0) is 14.4 Å². The summed E-state index contributed by atoms with van der Waals surface area (Å²) in [7, 11) is 0. The van der Waals surface area contributed by atoms with Crippen LogP contribution in [0.15, 0.2) is 121 Å². The molecular weight excluding hydrogens is 1130 g/mol. The summed E-state index contributed by atoms with van der Waals surface area (Å²) in [5.74, 6) is -0.462. The SMILES string of the molecule is O=C(COc1ccc(-c2c3nc(c(-c4ccc(OCC(=O)NCC(CO)(CO)CO)cc4)c4ccc([nH]4)c(-c4ccc(OCC(=O)NCC(CO)(CO)CO)cc4)c4nc(c(-c5ccc(O)cc5)c5ccc2[nH]5)C=C4)C=C3)cc1)NCC(CO)(CO)CO. The minimum Gasteiger partial charge on any atom is -0.508 e. The van der Waals surface area contributed by atoms with Gasteiger partial charge in [0.15, 0.2) is 19.8 Å². The van der Waals surface area contributed by atoms with Crippen molar-refractivity contribution in [1.82, 2.24) is 35.9 Å². The molecule has 3 aromatic heterocycles. The zero-order valence-electron chi connectivity index (χ0n) is 47.8. The number of aromatic nitrogens is 4. The summed E-state index contributed by atoms with van der Waals surface area (Å²) in [6.45, 7) is -6.64. The smallest absolute Gasteiger partial charge is 0.257 e. The molecule has 5 heterocycles. The molecule has 9 rings (SSSR count). The fraction of sp³-hybridized carbons (Fsp3) is 0.277. The highest BCUT2D eigenvalue weighted by Gasteiger charge is 2.31. The molecule has 2 aliphatic rings. The van der Waals surface area contributed by atoms with Gasteiger partial charge >= 0.3 is 0 Å². The van der Waals surface area contributed by atoms with Crippen LogP contribution in [0, 0.1) is 16.2 Å². The number of nitrogens with zero attached hydrogens (tertiary/aromatic N) is 2. The van der Waals surface area contributed by atoms with Gasteiger partial charge < -0.3 is 91.2 Å². The lowest BCUT2D eigenvalue weighted by Crippen LogP contribution is -2.46. The molecule has 4 aromatic carbocycles. The molecular formula is C65H69N7O16. The van der Waals surface area contributed by atoms with Crippen molar-refractivity contribution in [2.45, 2.75) is 0 Å². The normalized spacial score (nSPS) is 12.2. The Labute approximate surface area is 504 Å². The predicted molar refractivity (Wildman–Crippen MR) is 329 cm³/mol. The van der Waals surface area contributed by atoms with Gasteiger partial charge in [0.25, 0.3) is 17.7 Å². The molecule has 460 valence electrons. The van der Waals surface area contributed by atoms with Crippen molar-refractivity contribution >= 4 is 64.1 Å². The van der Waals surface area contributed by atoms with Gasteiger partial charge in [0.2, 0.25) is 0 Å². The molecule has 0 radical (unpaired) electrons. The van der Waals surface area contributed by atoms with E-state index in [1.165, 1.54) is 0 Å². The number of phenols is 1. The number of aliphatic hydroxyl groups excluding tert-OH is 9. The van der Waals surface area contributed by atoms with Gasteiger partial charge in [0.1, 0.15) is 23.0 Å². The molecule has 0 aliphatic carbocycles. The first kappa shape index (κ1) is 63.2. The van der Waals surface area contributed by atoms with E-state index >= 15 is 0 Å². The van der Waals surface area contributed by atoms with Gasteiger partial charge in [-0.25, -0.2) is 9.97 Å².